The van der Waals surface area contributed by atoms with Gasteiger partial charge < -0.3 is 0 Å². The Hall–Kier alpha value is 0. The molecule has 0 aliphatic rings. The summed E-state index contributed by atoms with van der Waals surface area (Å²) in [5, 5.41) is 0. The second-order valence-corrected chi connectivity index (χ2v) is 26.5. The fourth-order valence-electron chi connectivity index (χ4n) is 14.2. The molecule has 0 aromatic rings. The molecule has 0 bridgehead atoms. The zero-order valence-electron chi connectivity index (χ0n) is 54.4. The third-order valence-corrected chi connectivity index (χ3v) is 19.4. The van der Waals surface area contributed by atoms with Gasteiger partial charge in [-0.25, -0.2) is 0 Å². The maximum atomic E-state index is 2.39. The van der Waals surface area contributed by atoms with Crippen LogP contribution in [0.25, 0.3) is 0 Å². The van der Waals surface area contributed by atoms with Gasteiger partial charge in [0.2, 0.25) is 0 Å². The summed E-state index contributed by atoms with van der Waals surface area (Å²) >= 11 is 0. The van der Waals surface area contributed by atoms with Crippen molar-refractivity contribution in [2.75, 3.05) is 0 Å². The van der Waals surface area contributed by atoms with Crippen molar-refractivity contribution in [2.24, 2.45) is 10.8 Å². The van der Waals surface area contributed by atoms with Crippen LogP contribution >= 0.6 is 0 Å². The van der Waals surface area contributed by atoms with Crippen LogP contribution in [0.1, 0.15) is 472 Å². The number of hydrogen-bond donors (Lipinski definition) is 0. The molecule has 0 aliphatic carbocycles. The first-order chi connectivity index (χ1) is 37.1. The van der Waals surface area contributed by atoms with Crippen molar-refractivity contribution in [3.63, 3.8) is 0 Å². The summed E-state index contributed by atoms with van der Waals surface area (Å²) in [4.78, 5) is 0. The number of hydrogen-bond acceptors (Lipinski definition) is 0. The monoisotopic (exact) mass is 1050 g/mol. The van der Waals surface area contributed by atoms with Gasteiger partial charge in [0.25, 0.3) is 0 Å². The Labute approximate surface area is 480 Å². The standard InChI is InChI=1S/C75H152/c1-7-13-19-25-31-37-41-44-49-55-61-67-73-75(70-64-58-52-46-40-34-28-22-16-10-4,72-66-60-54-48-43-39-33-27-21-15-9-3)74(68-62-56-50-36-30-24-18-12-6,69-63-57-51-45-35-29-23-17-11-5)71-65-59-53-47-42-38-32-26-20-14-8-2/h7-73H2,1-6H3. The topological polar surface area (TPSA) is 0 Å². The first kappa shape index (κ1) is 75.0. The average Bonchev–Trinajstić information content (AvgIpc) is 3.42. The van der Waals surface area contributed by atoms with Crippen LogP contribution in [0, 0.1) is 10.8 Å². The predicted octanol–water partition coefficient (Wildman–Crippen LogP) is 29.2. The van der Waals surface area contributed by atoms with Crippen LogP contribution in [0.4, 0.5) is 0 Å². The van der Waals surface area contributed by atoms with E-state index in [9.17, 15) is 0 Å². The average molecular weight is 1050 g/mol. The summed E-state index contributed by atoms with van der Waals surface area (Å²) in [6.07, 6.45) is 99.7. The molecule has 0 heteroatoms. The van der Waals surface area contributed by atoms with E-state index in [1.807, 2.05) is 0 Å². The molecule has 0 saturated carbocycles. The Morgan fingerprint density at radius 2 is 0.187 bits per heavy atom. The summed E-state index contributed by atoms with van der Waals surface area (Å²) < 4.78 is 0. The van der Waals surface area contributed by atoms with Crippen LogP contribution < -0.4 is 0 Å². The molecular formula is C75H152. The molecule has 2 atom stereocenters. The number of rotatable bonds is 68. The van der Waals surface area contributed by atoms with Crippen molar-refractivity contribution < 1.29 is 0 Å². The highest BCUT2D eigenvalue weighted by Gasteiger charge is 2.48. The summed E-state index contributed by atoms with van der Waals surface area (Å²) in [7, 11) is 0. The lowest BCUT2D eigenvalue weighted by molar-refractivity contribution is -0.0310. The van der Waals surface area contributed by atoms with Gasteiger partial charge in [0.15, 0.2) is 0 Å². The molecule has 0 aromatic heterocycles. The van der Waals surface area contributed by atoms with E-state index in [0.29, 0.717) is 10.8 Å². The molecule has 0 fully saturated rings. The van der Waals surface area contributed by atoms with Crippen LogP contribution in [0.3, 0.4) is 0 Å². The van der Waals surface area contributed by atoms with E-state index < -0.39 is 0 Å². The highest BCUT2D eigenvalue weighted by Crippen LogP contribution is 2.59. The van der Waals surface area contributed by atoms with Crippen molar-refractivity contribution in [1.82, 2.24) is 0 Å². The van der Waals surface area contributed by atoms with Crippen molar-refractivity contribution in [1.29, 1.82) is 0 Å². The van der Waals surface area contributed by atoms with Gasteiger partial charge in [0, 0.05) is 0 Å². The SMILES string of the molecule is CCCCCCCCCCCCCCC(CCCCCCCCCCCC)(CCCCCCCCCCCCC)C(CCCCCCCCCC)(CCCCCCCCCCC)CCCCCCCCCCCCC. The van der Waals surface area contributed by atoms with Crippen LogP contribution in [0.2, 0.25) is 0 Å². The van der Waals surface area contributed by atoms with E-state index in [2.05, 4.69) is 41.5 Å². The molecule has 0 radical (unpaired) electrons. The van der Waals surface area contributed by atoms with Gasteiger partial charge in [-0.3, -0.25) is 0 Å². The largest absolute Gasteiger partial charge is 0.0654 e. The summed E-state index contributed by atoms with van der Waals surface area (Å²) in [5.41, 5.74) is 1.12. The zero-order chi connectivity index (χ0) is 54.4. The zero-order valence-corrected chi connectivity index (χ0v) is 54.4. The minimum Gasteiger partial charge on any atom is -0.0654 e. The molecule has 452 valence electrons. The maximum absolute atomic E-state index is 2.39. The second kappa shape index (κ2) is 63.2. The minimum atomic E-state index is 0.560. The van der Waals surface area contributed by atoms with E-state index >= 15 is 0 Å². The lowest BCUT2D eigenvalue weighted by atomic mass is 9.51. The minimum absolute atomic E-state index is 0.560. The highest BCUT2D eigenvalue weighted by atomic mass is 14.5. The Bertz CT molecular complexity index is 996. The van der Waals surface area contributed by atoms with E-state index in [4.69, 9.17) is 0 Å². The van der Waals surface area contributed by atoms with Gasteiger partial charge in [-0.1, -0.05) is 433 Å². The third kappa shape index (κ3) is 49.5. The van der Waals surface area contributed by atoms with E-state index in [1.165, 1.54) is 392 Å². The van der Waals surface area contributed by atoms with Gasteiger partial charge in [-0.2, -0.15) is 0 Å². The van der Waals surface area contributed by atoms with Crippen LogP contribution in [0.5, 0.6) is 0 Å². The lowest BCUT2D eigenvalue weighted by Crippen LogP contribution is -2.43. The maximum Gasteiger partial charge on any atom is -0.0241 e. The van der Waals surface area contributed by atoms with Crippen molar-refractivity contribution in [3.8, 4) is 0 Å². The Morgan fingerprint density at radius 1 is 0.107 bits per heavy atom. The molecule has 0 heterocycles. The molecule has 2 unspecified atom stereocenters. The molecule has 0 nitrogen and oxygen atoms in total. The molecule has 0 aliphatic heterocycles. The van der Waals surface area contributed by atoms with Crippen molar-refractivity contribution >= 4 is 0 Å². The van der Waals surface area contributed by atoms with Crippen molar-refractivity contribution in [3.05, 3.63) is 0 Å². The second-order valence-electron chi connectivity index (χ2n) is 26.5. The summed E-state index contributed by atoms with van der Waals surface area (Å²) in [5.74, 6) is 0. The number of unbranched alkanes of at least 4 members (excludes halogenated alkanes) is 55. The van der Waals surface area contributed by atoms with E-state index in [-0.39, 0.29) is 0 Å². The molecule has 75 heavy (non-hydrogen) atoms. The van der Waals surface area contributed by atoms with Crippen molar-refractivity contribution in [2.45, 2.75) is 472 Å². The normalized spacial score (nSPS) is 13.5. The van der Waals surface area contributed by atoms with Crippen LogP contribution in [-0.2, 0) is 0 Å². The molecular weight excluding hydrogens is 901 g/mol. The Morgan fingerprint density at radius 3 is 0.280 bits per heavy atom. The fraction of sp³-hybridized carbons (Fsp3) is 1.00. The van der Waals surface area contributed by atoms with Gasteiger partial charge >= 0.3 is 0 Å². The van der Waals surface area contributed by atoms with Crippen LogP contribution in [-0.4, -0.2) is 0 Å². The molecule has 0 N–H and O–H groups in total. The lowest BCUT2D eigenvalue weighted by Gasteiger charge is -2.53. The predicted molar refractivity (Wildman–Crippen MR) is 348 cm³/mol. The molecule has 0 saturated heterocycles. The molecule has 0 aromatic carbocycles. The molecule has 0 spiro atoms. The highest BCUT2D eigenvalue weighted by molar-refractivity contribution is 4.98. The Balaban J connectivity index is 6.73. The first-order valence-corrected chi connectivity index (χ1v) is 37.1. The smallest absolute Gasteiger partial charge is 0.0241 e. The third-order valence-electron chi connectivity index (χ3n) is 19.4. The van der Waals surface area contributed by atoms with Gasteiger partial charge in [0.05, 0.1) is 0 Å². The van der Waals surface area contributed by atoms with Crippen LogP contribution in [0.15, 0.2) is 0 Å². The van der Waals surface area contributed by atoms with E-state index in [0.717, 1.165) is 0 Å². The van der Waals surface area contributed by atoms with Gasteiger partial charge in [0.1, 0.15) is 0 Å². The molecule has 0 amide bonds. The quantitative estimate of drug-likeness (QED) is 0.0533. The first-order valence-electron chi connectivity index (χ1n) is 37.1. The summed E-state index contributed by atoms with van der Waals surface area (Å²) in [6, 6.07) is 0. The Kier molecular flexibility index (Phi) is 63.2. The van der Waals surface area contributed by atoms with Gasteiger partial charge in [-0.15, -0.1) is 0 Å². The van der Waals surface area contributed by atoms with Gasteiger partial charge in [-0.05, 0) is 49.4 Å². The summed E-state index contributed by atoms with van der Waals surface area (Å²) in [6.45, 7) is 14.2. The fourth-order valence-corrected chi connectivity index (χ4v) is 14.2. The van der Waals surface area contributed by atoms with E-state index in [1.54, 1.807) is 38.5 Å². The molecule has 0 rings (SSSR count).